The third-order valence-corrected chi connectivity index (χ3v) is 6.30. The number of hydrogen-bond acceptors (Lipinski definition) is 4. The SMILES string of the molecule is Cc1ccc(S(=O)(=O)N2CCCSCC2)cc1CN. The third-order valence-electron chi connectivity index (χ3n) is 3.36. The van der Waals surface area contributed by atoms with Crippen LogP contribution >= 0.6 is 11.8 Å². The standard InChI is InChI=1S/C13H20N2O2S2/c1-11-3-4-13(9-12(11)10-14)19(16,17)15-5-2-7-18-8-6-15/h3-4,9H,2,5-8,10,14H2,1H3. The van der Waals surface area contributed by atoms with Gasteiger partial charge >= 0.3 is 0 Å². The van der Waals surface area contributed by atoms with Crippen LogP contribution in [0.25, 0.3) is 0 Å². The Morgan fingerprint density at radius 3 is 2.84 bits per heavy atom. The largest absolute Gasteiger partial charge is 0.326 e. The van der Waals surface area contributed by atoms with E-state index in [0.29, 0.717) is 24.5 Å². The summed E-state index contributed by atoms with van der Waals surface area (Å²) >= 11 is 1.81. The van der Waals surface area contributed by atoms with Gasteiger partial charge in [-0.1, -0.05) is 6.07 Å². The van der Waals surface area contributed by atoms with Crippen molar-refractivity contribution in [3.05, 3.63) is 29.3 Å². The van der Waals surface area contributed by atoms with E-state index in [9.17, 15) is 8.42 Å². The molecule has 2 N–H and O–H groups in total. The van der Waals surface area contributed by atoms with Crippen molar-refractivity contribution in [1.29, 1.82) is 0 Å². The number of thioether (sulfide) groups is 1. The first-order chi connectivity index (χ1) is 9.05. The minimum Gasteiger partial charge on any atom is -0.326 e. The zero-order chi connectivity index (χ0) is 13.9. The monoisotopic (exact) mass is 300 g/mol. The fraction of sp³-hybridized carbons (Fsp3) is 0.538. The molecule has 0 aliphatic carbocycles. The highest BCUT2D eigenvalue weighted by molar-refractivity contribution is 7.99. The lowest BCUT2D eigenvalue weighted by Crippen LogP contribution is -2.33. The first-order valence-electron chi connectivity index (χ1n) is 6.43. The summed E-state index contributed by atoms with van der Waals surface area (Å²) in [6.07, 6.45) is 0.916. The first kappa shape index (κ1) is 14.8. The van der Waals surface area contributed by atoms with Gasteiger partial charge in [0.2, 0.25) is 10.0 Å². The maximum Gasteiger partial charge on any atom is 0.243 e. The Hall–Kier alpha value is -0.560. The summed E-state index contributed by atoms with van der Waals surface area (Å²) in [4.78, 5) is 0.366. The highest BCUT2D eigenvalue weighted by Crippen LogP contribution is 2.22. The van der Waals surface area contributed by atoms with Crippen molar-refractivity contribution in [1.82, 2.24) is 4.31 Å². The molecular formula is C13H20N2O2S2. The highest BCUT2D eigenvalue weighted by Gasteiger charge is 2.25. The van der Waals surface area contributed by atoms with E-state index in [1.54, 1.807) is 16.4 Å². The van der Waals surface area contributed by atoms with Gasteiger partial charge in [-0.05, 0) is 42.4 Å². The topological polar surface area (TPSA) is 63.4 Å². The van der Waals surface area contributed by atoms with E-state index >= 15 is 0 Å². The van der Waals surface area contributed by atoms with Crippen molar-refractivity contribution in [2.45, 2.75) is 24.8 Å². The minimum absolute atomic E-state index is 0.366. The van der Waals surface area contributed by atoms with Gasteiger partial charge in [-0.3, -0.25) is 0 Å². The molecule has 19 heavy (non-hydrogen) atoms. The van der Waals surface area contributed by atoms with Gasteiger partial charge in [0.05, 0.1) is 4.90 Å². The molecule has 1 aromatic rings. The van der Waals surface area contributed by atoms with Crippen molar-refractivity contribution in [2.75, 3.05) is 24.6 Å². The molecule has 1 aliphatic rings. The molecule has 0 unspecified atom stereocenters. The predicted molar refractivity (Wildman–Crippen MR) is 79.8 cm³/mol. The lowest BCUT2D eigenvalue weighted by molar-refractivity contribution is 0.435. The summed E-state index contributed by atoms with van der Waals surface area (Å²) in [6.45, 7) is 3.52. The van der Waals surface area contributed by atoms with Crippen LogP contribution in [-0.2, 0) is 16.6 Å². The Bertz CT molecular complexity index is 536. The quantitative estimate of drug-likeness (QED) is 0.920. The van der Waals surface area contributed by atoms with Crippen molar-refractivity contribution < 1.29 is 8.42 Å². The van der Waals surface area contributed by atoms with Crippen molar-refractivity contribution in [3.8, 4) is 0 Å². The Morgan fingerprint density at radius 1 is 1.32 bits per heavy atom. The molecule has 106 valence electrons. The molecule has 1 aromatic carbocycles. The first-order valence-corrected chi connectivity index (χ1v) is 9.02. The molecule has 0 saturated carbocycles. The van der Waals surface area contributed by atoms with Crippen LogP contribution in [0.5, 0.6) is 0 Å². The molecule has 0 atom stereocenters. The molecule has 2 rings (SSSR count). The molecule has 1 fully saturated rings. The van der Waals surface area contributed by atoms with E-state index in [4.69, 9.17) is 5.73 Å². The number of rotatable bonds is 3. The Morgan fingerprint density at radius 2 is 2.11 bits per heavy atom. The number of nitrogens with zero attached hydrogens (tertiary/aromatic N) is 1. The van der Waals surface area contributed by atoms with E-state index in [-0.39, 0.29) is 0 Å². The maximum absolute atomic E-state index is 12.6. The van der Waals surface area contributed by atoms with Crippen LogP contribution in [0.4, 0.5) is 0 Å². The molecule has 1 aliphatic heterocycles. The Kier molecular flexibility index (Phi) is 4.89. The molecular weight excluding hydrogens is 280 g/mol. The average molecular weight is 300 g/mol. The number of aryl methyl sites for hydroxylation is 1. The molecule has 0 amide bonds. The van der Waals surface area contributed by atoms with E-state index in [2.05, 4.69) is 0 Å². The smallest absolute Gasteiger partial charge is 0.243 e. The van der Waals surface area contributed by atoms with Gasteiger partial charge in [-0.15, -0.1) is 0 Å². The van der Waals surface area contributed by atoms with E-state index in [1.807, 2.05) is 24.8 Å². The molecule has 4 nitrogen and oxygen atoms in total. The summed E-state index contributed by atoms with van der Waals surface area (Å²) < 4.78 is 26.8. The summed E-state index contributed by atoms with van der Waals surface area (Å²) in [6, 6.07) is 5.23. The van der Waals surface area contributed by atoms with E-state index in [1.165, 1.54) is 0 Å². The summed E-state index contributed by atoms with van der Waals surface area (Å²) in [5.41, 5.74) is 7.58. The van der Waals surface area contributed by atoms with Crippen LogP contribution in [0, 0.1) is 6.92 Å². The lowest BCUT2D eigenvalue weighted by atomic mass is 10.1. The van der Waals surface area contributed by atoms with E-state index < -0.39 is 10.0 Å². The van der Waals surface area contributed by atoms with Crippen LogP contribution in [0.3, 0.4) is 0 Å². The third kappa shape index (κ3) is 3.31. The molecule has 1 heterocycles. The average Bonchev–Trinajstić information content (AvgIpc) is 2.68. The van der Waals surface area contributed by atoms with Gasteiger partial charge < -0.3 is 5.73 Å². The molecule has 0 spiro atoms. The second kappa shape index (κ2) is 6.26. The van der Waals surface area contributed by atoms with Crippen LogP contribution < -0.4 is 5.73 Å². The van der Waals surface area contributed by atoms with Gasteiger partial charge in [0.15, 0.2) is 0 Å². The maximum atomic E-state index is 12.6. The summed E-state index contributed by atoms with van der Waals surface area (Å²) in [5.74, 6) is 1.91. The van der Waals surface area contributed by atoms with Gasteiger partial charge in [-0.2, -0.15) is 16.1 Å². The summed E-state index contributed by atoms with van der Waals surface area (Å²) in [7, 11) is -3.37. The van der Waals surface area contributed by atoms with Crippen LogP contribution in [0.1, 0.15) is 17.5 Å². The molecule has 0 radical (unpaired) electrons. The van der Waals surface area contributed by atoms with Crippen molar-refractivity contribution >= 4 is 21.8 Å². The predicted octanol–water partition coefficient (Wildman–Crippen LogP) is 1.58. The fourth-order valence-electron chi connectivity index (χ4n) is 2.14. The normalized spacial score (nSPS) is 18.2. The van der Waals surface area contributed by atoms with Crippen molar-refractivity contribution in [3.63, 3.8) is 0 Å². The zero-order valence-electron chi connectivity index (χ0n) is 11.1. The van der Waals surface area contributed by atoms with Gasteiger partial charge in [0.25, 0.3) is 0 Å². The van der Waals surface area contributed by atoms with E-state index in [0.717, 1.165) is 29.1 Å². The zero-order valence-corrected chi connectivity index (χ0v) is 12.8. The summed E-state index contributed by atoms with van der Waals surface area (Å²) in [5, 5.41) is 0. The Labute approximate surface area is 119 Å². The number of hydrogen-bond donors (Lipinski definition) is 1. The fourth-order valence-corrected chi connectivity index (χ4v) is 4.67. The molecule has 1 saturated heterocycles. The number of nitrogens with two attached hydrogens (primary N) is 1. The van der Waals surface area contributed by atoms with Crippen LogP contribution in [0.2, 0.25) is 0 Å². The van der Waals surface area contributed by atoms with Gasteiger partial charge in [-0.25, -0.2) is 8.42 Å². The number of benzene rings is 1. The van der Waals surface area contributed by atoms with Crippen molar-refractivity contribution in [2.24, 2.45) is 5.73 Å². The second-order valence-electron chi connectivity index (χ2n) is 4.66. The highest BCUT2D eigenvalue weighted by atomic mass is 32.2. The molecule has 0 bridgehead atoms. The second-order valence-corrected chi connectivity index (χ2v) is 7.83. The lowest BCUT2D eigenvalue weighted by Gasteiger charge is -2.20. The molecule has 0 aromatic heterocycles. The van der Waals surface area contributed by atoms with Crippen LogP contribution in [-0.4, -0.2) is 37.3 Å². The minimum atomic E-state index is -3.37. The van der Waals surface area contributed by atoms with Gasteiger partial charge in [0, 0.05) is 25.4 Å². The van der Waals surface area contributed by atoms with Crippen LogP contribution in [0.15, 0.2) is 23.1 Å². The number of sulfonamides is 1. The molecule has 6 heteroatoms. The Balaban J connectivity index is 2.32. The van der Waals surface area contributed by atoms with Gasteiger partial charge in [0.1, 0.15) is 0 Å².